The topological polar surface area (TPSA) is 80.3 Å². The number of ether oxygens (including phenoxy) is 1. The van der Waals surface area contributed by atoms with Gasteiger partial charge in [0.2, 0.25) is 17.7 Å². The average molecular weight is 410 g/mol. The lowest BCUT2D eigenvalue weighted by Crippen LogP contribution is -2.32. The Bertz CT molecular complexity index is 929. The van der Waals surface area contributed by atoms with Crippen molar-refractivity contribution in [2.75, 3.05) is 0 Å². The maximum atomic E-state index is 12.4. The van der Waals surface area contributed by atoms with Gasteiger partial charge in [-0.1, -0.05) is 36.4 Å². The SMILES string of the molecule is CC(=O)NC(CC(=O)NCc1ccnc(OCc2ccccc2)c1)c1cccs1. The van der Waals surface area contributed by atoms with Gasteiger partial charge in [0.05, 0.1) is 12.5 Å². The number of carbonyl (C=O) groups is 2. The normalized spacial score (nSPS) is 11.5. The predicted molar refractivity (Wildman–Crippen MR) is 112 cm³/mol. The zero-order chi connectivity index (χ0) is 20.5. The molecule has 0 aliphatic heterocycles. The van der Waals surface area contributed by atoms with Crippen LogP contribution in [0.15, 0.2) is 66.2 Å². The molecule has 7 heteroatoms. The molecular weight excluding hydrogens is 386 g/mol. The molecule has 2 N–H and O–H groups in total. The van der Waals surface area contributed by atoms with Crippen molar-refractivity contribution < 1.29 is 14.3 Å². The highest BCUT2D eigenvalue weighted by molar-refractivity contribution is 7.10. The van der Waals surface area contributed by atoms with Crippen LogP contribution in [0.5, 0.6) is 5.88 Å². The van der Waals surface area contributed by atoms with Crippen LogP contribution in [0.2, 0.25) is 0 Å². The lowest BCUT2D eigenvalue weighted by Gasteiger charge is -2.16. The summed E-state index contributed by atoms with van der Waals surface area (Å²) in [7, 11) is 0. The van der Waals surface area contributed by atoms with Crippen LogP contribution in [-0.2, 0) is 22.7 Å². The van der Waals surface area contributed by atoms with E-state index in [9.17, 15) is 9.59 Å². The molecule has 0 radical (unpaired) electrons. The molecule has 0 fully saturated rings. The molecule has 29 heavy (non-hydrogen) atoms. The van der Waals surface area contributed by atoms with E-state index < -0.39 is 0 Å². The molecule has 0 aliphatic carbocycles. The molecule has 2 amide bonds. The first kappa shape index (κ1) is 20.5. The molecule has 1 unspecified atom stereocenters. The van der Waals surface area contributed by atoms with Gasteiger partial charge in [-0.3, -0.25) is 9.59 Å². The van der Waals surface area contributed by atoms with Crippen LogP contribution in [0.25, 0.3) is 0 Å². The predicted octanol–water partition coefficient (Wildman–Crippen LogP) is 3.61. The van der Waals surface area contributed by atoms with E-state index in [2.05, 4.69) is 15.6 Å². The summed E-state index contributed by atoms with van der Waals surface area (Å²) in [6.45, 7) is 2.25. The highest BCUT2D eigenvalue weighted by atomic mass is 32.1. The minimum Gasteiger partial charge on any atom is -0.473 e. The monoisotopic (exact) mass is 409 g/mol. The Labute approximate surface area is 173 Å². The highest BCUT2D eigenvalue weighted by Gasteiger charge is 2.17. The molecule has 0 saturated heterocycles. The van der Waals surface area contributed by atoms with Gasteiger partial charge in [0, 0.05) is 30.6 Å². The minimum atomic E-state index is -0.324. The van der Waals surface area contributed by atoms with E-state index in [0.717, 1.165) is 16.0 Å². The zero-order valence-corrected chi connectivity index (χ0v) is 16.9. The van der Waals surface area contributed by atoms with Gasteiger partial charge < -0.3 is 15.4 Å². The number of rotatable bonds is 9. The van der Waals surface area contributed by atoms with Gasteiger partial charge in [-0.15, -0.1) is 11.3 Å². The van der Waals surface area contributed by atoms with Gasteiger partial charge in [-0.05, 0) is 28.6 Å². The molecule has 3 aromatic rings. The maximum Gasteiger partial charge on any atom is 0.222 e. The largest absolute Gasteiger partial charge is 0.473 e. The lowest BCUT2D eigenvalue weighted by molar-refractivity contribution is -0.122. The Balaban J connectivity index is 1.52. The molecular formula is C22H23N3O3S. The summed E-state index contributed by atoms with van der Waals surface area (Å²) in [6.07, 6.45) is 1.84. The van der Waals surface area contributed by atoms with E-state index in [0.29, 0.717) is 19.0 Å². The van der Waals surface area contributed by atoms with Gasteiger partial charge >= 0.3 is 0 Å². The van der Waals surface area contributed by atoms with E-state index in [4.69, 9.17) is 4.74 Å². The average Bonchev–Trinajstić information content (AvgIpc) is 3.26. The second-order valence-electron chi connectivity index (χ2n) is 6.53. The van der Waals surface area contributed by atoms with Crippen molar-refractivity contribution in [3.05, 3.63) is 82.2 Å². The molecule has 3 rings (SSSR count). The summed E-state index contributed by atoms with van der Waals surface area (Å²) in [5.41, 5.74) is 1.95. The fourth-order valence-corrected chi connectivity index (χ4v) is 3.56. The Hall–Kier alpha value is -3.19. The maximum absolute atomic E-state index is 12.4. The molecule has 2 aromatic heterocycles. The number of hydrogen-bond donors (Lipinski definition) is 2. The molecule has 0 aliphatic rings. The van der Waals surface area contributed by atoms with Crippen molar-refractivity contribution in [3.63, 3.8) is 0 Å². The zero-order valence-electron chi connectivity index (χ0n) is 16.1. The molecule has 1 aromatic carbocycles. The van der Waals surface area contributed by atoms with Crippen LogP contribution in [0.1, 0.15) is 35.4 Å². The first-order chi connectivity index (χ1) is 14.1. The van der Waals surface area contributed by atoms with Gasteiger partial charge in [0.15, 0.2) is 0 Å². The Morgan fingerprint density at radius 2 is 1.93 bits per heavy atom. The third-order valence-corrected chi connectivity index (χ3v) is 5.16. The van der Waals surface area contributed by atoms with Crippen molar-refractivity contribution in [3.8, 4) is 5.88 Å². The van der Waals surface area contributed by atoms with Crippen molar-refractivity contribution >= 4 is 23.2 Å². The van der Waals surface area contributed by atoms with E-state index in [1.54, 1.807) is 6.20 Å². The van der Waals surface area contributed by atoms with Crippen LogP contribution in [-0.4, -0.2) is 16.8 Å². The van der Waals surface area contributed by atoms with Crippen LogP contribution in [0, 0.1) is 0 Å². The number of thiophene rings is 1. The number of carbonyl (C=O) groups excluding carboxylic acids is 2. The molecule has 6 nitrogen and oxygen atoms in total. The van der Waals surface area contributed by atoms with E-state index in [-0.39, 0.29) is 24.3 Å². The highest BCUT2D eigenvalue weighted by Crippen LogP contribution is 2.22. The molecule has 2 heterocycles. The molecule has 0 saturated carbocycles. The first-order valence-corrected chi connectivity index (χ1v) is 10.2. The van der Waals surface area contributed by atoms with Gasteiger partial charge in [-0.25, -0.2) is 4.98 Å². The smallest absolute Gasteiger partial charge is 0.222 e. The van der Waals surface area contributed by atoms with E-state index in [1.165, 1.54) is 18.3 Å². The first-order valence-electron chi connectivity index (χ1n) is 9.29. The quantitative estimate of drug-likeness (QED) is 0.566. The molecule has 150 valence electrons. The second-order valence-corrected chi connectivity index (χ2v) is 7.51. The van der Waals surface area contributed by atoms with Gasteiger partial charge in [0.1, 0.15) is 6.61 Å². The number of nitrogens with zero attached hydrogens (tertiary/aromatic N) is 1. The summed E-state index contributed by atoms with van der Waals surface area (Å²) >= 11 is 1.52. The van der Waals surface area contributed by atoms with Crippen molar-refractivity contribution in [1.82, 2.24) is 15.6 Å². The molecule has 0 bridgehead atoms. The molecule has 1 atom stereocenters. The fraction of sp³-hybridized carbons (Fsp3) is 0.227. The summed E-state index contributed by atoms with van der Waals surface area (Å²) < 4.78 is 5.73. The van der Waals surface area contributed by atoms with Crippen molar-refractivity contribution in [2.24, 2.45) is 0 Å². The number of aromatic nitrogens is 1. The summed E-state index contributed by atoms with van der Waals surface area (Å²) in [5.74, 6) is 0.210. The fourth-order valence-electron chi connectivity index (χ4n) is 2.79. The van der Waals surface area contributed by atoms with E-state index >= 15 is 0 Å². The standard InChI is InChI=1S/C22H23N3O3S/c1-16(26)25-19(20-8-5-11-29-20)13-21(27)24-14-18-9-10-23-22(12-18)28-15-17-6-3-2-4-7-17/h2-12,19H,13-15H2,1H3,(H,24,27)(H,25,26). The lowest BCUT2D eigenvalue weighted by atomic mass is 10.1. The van der Waals surface area contributed by atoms with Crippen LogP contribution >= 0.6 is 11.3 Å². The van der Waals surface area contributed by atoms with Crippen molar-refractivity contribution in [1.29, 1.82) is 0 Å². The third-order valence-electron chi connectivity index (χ3n) is 4.17. The van der Waals surface area contributed by atoms with Crippen LogP contribution < -0.4 is 15.4 Å². The summed E-state index contributed by atoms with van der Waals surface area (Å²) in [4.78, 5) is 29.0. The minimum absolute atomic E-state index is 0.138. The van der Waals surface area contributed by atoms with Crippen LogP contribution in [0.4, 0.5) is 0 Å². The summed E-state index contributed by atoms with van der Waals surface area (Å²) in [5, 5.41) is 7.66. The Kier molecular flexibility index (Phi) is 7.35. The van der Waals surface area contributed by atoms with Crippen LogP contribution in [0.3, 0.4) is 0 Å². The summed E-state index contributed by atoms with van der Waals surface area (Å²) in [6, 6.07) is 17.0. The Morgan fingerprint density at radius 1 is 1.10 bits per heavy atom. The van der Waals surface area contributed by atoms with Crippen molar-refractivity contribution in [2.45, 2.75) is 32.5 Å². The number of pyridine rings is 1. The Morgan fingerprint density at radius 3 is 2.66 bits per heavy atom. The van der Waals surface area contributed by atoms with Gasteiger partial charge in [-0.2, -0.15) is 0 Å². The number of amides is 2. The molecule has 0 spiro atoms. The number of hydrogen-bond acceptors (Lipinski definition) is 5. The second kappa shape index (κ2) is 10.4. The number of benzene rings is 1. The van der Waals surface area contributed by atoms with Gasteiger partial charge in [0.25, 0.3) is 0 Å². The number of nitrogens with one attached hydrogen (secondary N) is 2. The van der Waals surface area contributed by atoms with E-state index in [1.807, 2.05) is 60.0 Å². The third kappa shape index (κ3) is 6.73.